The molecule has 5 heteroatoms. The highest BCUT2D eigenvalue weighted by Crippen LogP contribution is 2.41. The number of thiophene rings is 1. The number of benzene rings is 1. The third kappa shape index (κ3) is 2.84. The van der Waals surface area contributed by atoms with Crippen molar-refractivity contribution in [3.05, 3.63) is 54.9 Å². The van der Waals surface area contributed by atoms with E-state index in [2.05, 4.69) is 15.9 Å². The molecule has 0 radical (unpaired) electrons. The molecule has 0 aliphatic carbocycles. The number of alkyl halides is 1. The Kier molecular flexibility index (Phi) is 4.14. The number of rotatable bonds is 2. The maximum Gasteiger partial charge on any atom is 0.124 e. The van der Waals surface area contributed by atoms with Gasteiger partial charge in [-0.05, 0) is 46.6 Å². The molecule has 1 aromatic heterocycles. The summed E-state index contributed by atoms with van der Waals surface area (Å²) >= 11 is 17.4. The standard InChI is InChI=1S/C12H8BrCl2FS/c1-6-4-9(13)12(17-6)11(15)8-3-2-7(16)5-10(8)14/h2-5,11H,1H3. The molecule has 0 amide bonds. The lowest BCUT2D eigenvalue weighted by Gasteiger charge is -2.10. The van der Waals surface area contributed by atoms with Crippen molar-refractivity contribution in [2.75, 3.05) is 0 Å². The van der Waals surface area contributed by atoms with E-state index < -0.39 is 0 Å². The Morgan fingerprint density at radius 1 is 1.35 bits per heavy atom. The molecule has 0 fully saturated rings. The summed E-state index contributed by atoms with van der Waals surface area (Å²) in [5.74, 6) is -0.357. The van der Waals surface area contributed by atoms with E-state index in [1.165, 1.54) is 12.1 Å². The summed E-state index contributed by atoms with van der Waals surface area (Å²) in [5, 5.41) is -0.0147. The molecule has 0 spiro atoms. The van der Waals surface area contributed by atoms with Gasteiger partial charge in [0, 0.05) is 19.2 Å². The molecule has 2 aromatic rings. The van der Waals surface area contributed by atoms with Crippen LogP contribution in [0.5, 0.6) is 0 Å². The average Bonchev–Trinajstić information content (AvgIpc) is 2.57. The lowest BCUT2D eigenvalue weighted by molar-refractivity contribution is 0.627. The second-order valence-electron chi connectivity index (χ2n) is 3.60. The third-order valence-corrected chi connectivity index (χ3v) is 5.25. The predicted octanol–water partition coefficient (Wildman–Crippen LogP) is 5.94. The molecular weight excluding hydrogens is 346 g/mol. The molecule has 1 aromatic carbocycles. The zero-order chi connectivity index (χ0) is 12.6. The lowest BCUT2D eigenvalue weighted by atomic mass is 10.1. The van der Waals surface area contributed by atoms with Gasteiger partial charge >= 0.3 is 0 Å². The molecule has 0 N–H and O–H groups in total. The van der Waals surface area contributed by atoms with Crippen molar-refractivity contribution < 1.29 is 4.39 Å². The summed E-state index contributed by atoms with van der Waals surface area (Å²) in [6.07, 6.45) is 0. The van der Waals surface area contributed by atoms with Crippen LogP contribution in [0.25, 0.3) is 0 Å². The second-order valence-corrected chi connectivity index (χ2v) is 6.58. The first-order valence-corrected chi connectivity index (χ1v) is 7.26. The maximum absolute atomic E-state index is 13.0. The van der Waals surface area contributed by atoms with Gasteiger partial charge in [-0.25, -0.2) is 4.39 Å². The fourth-order valence-electron chi connectivity index (χ4n) is 1.52. The molecular formula is C12H8BrCl2FS. The quantitative estimate of drug-likeness (QED) is 0.586. The molecule has 0 aliphatic rings. The summed E-state index contributed by atoms with van der Waals surface area (Å²) in [4.78, 5) is 2.15. The normalized spacial score (nSPS) is 12.8. The molecule has 0 saturated heterocycles. The fraction of sp³-hybridized carbons (Fsp3) is 0.167. The first kappa shape index (κ1) is 13.3. The van der Waals surface area contributed by atoms with Crippen LogP contribution in [0.4, 0.5) is 4.39 Å². The molecule has 0 saturated carbocycles. The van der Waals surface area contributed by atoms with Crippen molar-refractivity contribution in [2.24, 2.45) is 0 Å². The van der Waals surface area contributed by atoms with Gasteiger partial charge in [0.25, 0.3) is 0 Å². The van der Waals surface area contributed by atoms with Crippen LogP contribution in [0, 0.1) is 12.7 Å². The van der Waals surface area contributed by atoms with Crippen LogP contribution in [0.3, 0.4) is 0 Å². The van der Waals surface area contributed by atoms with Crippen molar-refractivity contribution in [3.8, 4) is 0 Å². The van der Waals surface area contributed by atoms with E-state index in [9.17, 15) is 4.39 Å². The molecule has 1 unspecified atom stereocenters. The minimum atomic E-state index is -0.365. The van der Waals surface area contributed by atoms with Crippen molar-refractivity contribution in [1.82, 2.24) is 0 Å². The Morgan fingerprint density at radius 2 is 2.06 bits per heavy atom. The molecule has 2 rings (SSSR count). The minimum Gasteiger partial charge on any atom is -0.207 e. The first-order valence-electron chi connectivity index (χ1n) is 4.84. The van der Waals surface area contributed by atoms with E-state index in [-0.39, 0.29) is 11.2 Å². The SMILES string of the molecule is Cc1cc(Br)c(C(Cl)c2ccc(F)cc2Cl)s1. The molecule has 1 heterocycles. The first-order chi connectivity index (χ1) is 7.99. The van der Waals surface area contributed by atoms with Crippen LogP contribution in [-0.2, 0) is 0 Å². The van der Waals surface area contributed by atoms with Crippen LogP contribution in [0.2, 0.25) is 5.02 Å². The van der Waals surface area contributed by atoms with E-state index in [0.29, 0.717) is 5.02 Å². The topological polar surface area (TPSA) is 0 Å². The summed E-state index contributed by atoms with van der Waals surface area (Å²) in [6.45, 7) is 2.01. The molecule has 90 valence electrons. The molecule has 0 aliphatic heterocycles. The van der Waals surface area contributed by atoms with Gasteiger partial charge in [-0.2, -0.15) is 0 Å². The van der Waals surface area contributed by atoms with Crippen molar-refractivity contribution in [2.45, 2.75) is 12.3 Å². The lowest BCUT2D eigenvalue weighted by Crippen LogP contribution is -1.93. The summed E-state index contributed by atoms with van der Waals surface area (Å²) in [6, 6.07) is 6.27. The van der Waals surface area contributed by atoms with Gasteiger partial charge in [-0.15, -0.1) is 22.9 Å². The largest absolute Gasteiger partial charge is 0.207 e. The molecule has 0 bridgehead atoms. The number of aryl methyl sites for hydroxylation is 1. The van der Waals surface area contributed by atoms with Gasteiger partial charge < -0.3 is 0 Å². The van der Waals surface area contributed by atoms with Gasteiger partial charge in [0.15, 0.2) is 0 Å². The number of hydrogen-bond acceptors (Lipinski definition) is 1. The summed E-state index contributed by atoms with van der Waals surface area (Å²) in [7, 11) is 0. The zero-order valence-corrected chi connectivity index (χ0v) is 12.7. The van der Waals surface area contributed by atoms with Gasteiger partial charge in [-0.3, -0.25) is 0 Å². The van der Waals surface area contributed by atoms with E-state index in [0.717, 1.165) is 19.8 Å². The predicted molar refractivity (Wildman–Crippen MR) is 75.9 cm³/mol. The summed E-state index contributed by atoms with van der Waals surface area (Å²) < 4.78 is 13.9. The smallest absolute Gasteiger partial charge is 0.124 e. The van der Waals surface area contributed by atoms with Crippen molar-refractivity contribution in [1.29, 1.82) is 0 Å². The van der Waals surface area contributed by atoms with Gasteiger partial charge in [-0.1, -0.05) is 17.7 Å². The Balaban J connectivity index is 2.43. The molecule has 1 atom stereocenters. The number of halogens is 4. The third-order valence-electron chi connectivity index (χ3n) is 2.30. The zero-order valence-electron chi connectivity index (χ0n) is 8.81. The van der Waals surface area contributed by atoms with Crippen LogP contribution in [0.1, 0.15) is 20.7 Å². The van der Waals surface area contributed by atoms with Crippen LogP contribution in [-0.4, -0.2) is 0 Å². The minimum absolute atomic E-state index is 0.350. The van der Waals surface area contributed by atoms with Gasteiger partial charge in [0.2, 0.25) is 0 Å². The van der Waals surface area contributed by atoms with Gasteiger partial charge in [0.1, 0.15) is 5.82 Å². The molecule has 17 heavy (non-hydrogen) atoms. The van der Waals surface area contributed by atoms with E-state index in [1.807, 2.05) is 13.0 Å². The second kappa shape index (κ2) is 5.27. The Hall–Kier alpha value is -0.0900. The van der Waals surface area contributed by atoms with Crippen molar-refractivity contribution >= 4 is 50.5 Å². The monoisotopic (exact) mass is 352 g/mol. The Bertz CT molecular complexity index is 553. The van der Waals surface area contributed by atoms with E-state index in [4.69, 9.17) is 23.2 Å². The summed E-state index contributed by atoms with van der Waals surface area (Å²) in [5.41, 5.74) is 0.720. The number of hydrogen-bond donors (Lipinski definition) is 0. The van der Waals surface area contributed by atoms with Crippen LogP contribution >= 0.6 is 50.5 Å². The fourth-order valence-corrected chi connectivity index (χ4v) is 4.30. The van der Waals surface area contributed by atoms with Crippen LogP contribution < -0.4 is 0 Å². The average molecular weight is 354 g/mol. The highest BCUT2D eigenvalue weighted by Gasteiger charge is 2.19. The van der Waals surface area contributed by atoms with E-state index in [1.54, 1.807) is 17.4 Å². The van der Waals surface area contributed by atoms with E-state index >= 15 is 0 Å². The Morgan fingerprint density at radius 3 is 2.59 bits per heavy atom. The van der Waals surface area contributed by atoms with Crippen LogP contribution in [0.15, 0.2) is 28.7 Å². The maximum atomic E-state index is 13.0. The van der Waals surface area contributed by atoms with Gasteiger partial charge in [0.05, 0.1) is 5.38 Å². The highest BCUT2D eigenvalue weighted by molar-refractivity contribution is 9.10. The molecule has 0 nitrogen and oxygen atoms in total. The Labute approximate surface area is 121 Å². The highest BCUT2D eigenvalue weighted by atomic mass is 79.9. The van der Waals surface area contributed by atoms with Crippen molar-refractivity contribution in [3.63, 3.8) is 0 Å².